The lowest BCUT2D eigenvalue weighted by atomic mass is 10.0. The third kappa shape index (κ3) is 4.35. The van der Waals surface area contributed by atoms with Crippen molar-refractivity contribution in [3.05, 3.63) is 39.4 Å². The number of nitrogens with zero attached hydrogens (tertiary/aromatic N) is 3. The highest BCUT2D eigenvalue weighted by molar-refractivity contribution is 7.98. The molecule has 0 spiro atoms. The second-order valence-corrected chi connectivity index (χ2v) is 6.64. The molecule has 2 aromatic rings. The van der Waals surface area contributed by atoms with Gasteiger partial charge in [0.05, 0.1) is 16.5 Å². The molecule has 2 heterocycles. The number of rotatable bonds is 7. The Morgan fingerprint density at radius 1 is 1.45 bits per heavy atom. The number of hydrogen-bond donors (Lipinski definition) is 0. The smallest absolute Gasteiger partial charge is 0.211 e. The number of Topliss-reactive ketones (excluding diaryl/α,β-unsaturated/α-hetero) is 1. The standard InChI is InChI=1S/C14H15N3O3S2/c1-9(18)7-10(8-17(19)20)12-3-4-13(22-12)11-5-6-15-14(16-11)21-2/h3-6,10H,7-8H2,1-2H3. The summed E-state index contributed by atoms with van der Waals surface area (Å²) in [5.41, 5.74) is 0.790. The van der Waals surface area contributed by atoms with Gasteiger partial charge in [0.2, 0.25) is 6.54 Å². The zero-order chi connectivity index (χ0) is 16.1. The predicted octanol–water partition coefficient (Wildman–Crippen LogP) is 3.27. The van der Waals surface area contributed by atoms with E-state index in [0.29, 0.717) is 5.16 Å². The Balaban J connectivity index is 2.27. The van der Waals surface area contributed by atoms with E-state index in [1.165, 1.54) is 30.0 Å². The van der Waals surface area contributed by atoms with Crippen molar-refractivity contribution in [1.29, 1.82) is 0 Å². The van der Waals surface area contributed by atoms with Crippen molar-refractivity contribution in [2.75, 3.05) is 12.8 Å². The molecule has 0 amide bonds. The molecule has 0 radical (unpaired) electrons. The van der Waals surface area contributed by atoms with Gasteiger partial charge in [0.15, 0.2) is 5.16 Å². The van der Waals surface area contributed by atoms with Crippen molar-refractivity contribution in [1.82, 2.24) is 9.97 Å². The summed E-state index contributed by atoms with van der Waals surface area (Å²) >= 11 is 2.90. The molecule has 1 atom stereocenters. The summed E-state index contributed by atoms with van der Waals surface area (Å²) in [7, 11) is 0. The normalized spacial score (nSPS) is 12.1. The predicted molar refractivity (Wildman–Crippen MR) is 87.0 cm³/mol. The van der Waals surface area contributed by atoms with E-state index < -0.39 is 0 Å². The minimum Gasteiger partial charge on any atom is -0.300 e. The van der Waals surface area contributed by atoms with Crippen LogP contribution in [0, 0.1) is 10.1 Å². The second kappa shape index (κ2) is 7.46. The summed E-state index contributed by atoms with van der Waals surface area (Å²) in [5, 5.41) is 11.5. The summed E-state index contributed by atoms with van der Waals surface area (Å²) < 4.78 is 0. The van der Waals surface area contributed by atoms with Gasteiger partial charge in [0.1, 0.15) is 5.78 Å². The van der Waals surface area contributed by atoms with Crippen molar-refractivity contribution >= 4 is 28.9 Å². The molecule has 6 nitrogen and oxygen atoms in total. The first-order valence-electron chi connectivity index (χ1n) is 6.58. The summed E-state index contributed by atoms with van der Waals surface area (Å²) in [5.74, 6) is -0.429. The lowest BCUT2D eigenvalue weighted by Crippen LogP contribution is -2.14. The number of ketones is 1. The van der Waals surface area contributed by atoms with Crippen LogP contribution in [0.2, 0.25) is 0 Å². The molecule has 0 aromatic carbocycles. The van der Waals surface area contributed by atoms with Crippen molar-refractivity contribution in [2.45, 2.75) is 24.4 Å². The fourth-order valence-corrected chi connectivity index (χ4v) is 3.49. The third-order valence-electron chi connectivity index (χ3n) is 3.00. The van der Waals surface area contributed by atoms with Crippen LogP contribution in [0.4, 0.5) is 0 Å². The largest absolute Gasteiger partial charge is 0.300 e. The molecule has 0 fully saturated rings. The molecule has 22 heavy (non-hydrogen) atoms. The molecule has 1 unspecified atom stereocenters. The highest BCUT2D eigenvalue weighted by Gasteiger charge is 2.22. The molecule has 0 N–H and O–H groups in total. The van der Waals surface area contributed by atoms with Crippen molar-refractivity contribution in [2.24, 2.45) is 0 Å². The van der Waals surface area contributed by atoms with Crippen molar-refractivity contribution in [3.8, 4) is 10.6 Å². The van der Waals surface area contributed by atoms with E-state index in [1.807, 2.05) is 24.5 Å². The molecule has 8 heteroatoms. The van der Waals surface area contributed by atoms with E-state index in [0.717, 1.165) is 15.4 Å². The van der Waals surface area contributed by atoms with Gasteiger partial charge in [-0.25, -0.2) is 9.97 Å². The Kier molecular flexibility index (Phi) is 5.62. The third-order valence-corrected chi connectivity index (χ3v) is 4.83. The van der Waals surface area contributed by atoms with Crippen LogP contribution in [0.25, 0.3) is 10.6 Å². The highest BCUT2D eigenvalue weighted by Crippen LogP contribution is 2.33. The number of nitro groups is 1. The second-order valence-electron chi connectivity index (χ2n) is 4.75. The van der Waals surface area contributed by atoms with Gasteiger partial charge in [0.25, 0.3) is 0 Å². The topological polar surface area (TPSA) is 86.0 Å². The quantitative estimate of drug-likeness (QED) is 0.333. The van der Waals surface area contributed by atoms with Gasteiger partial charge in [0, 0.05) is 22.4 Å². The highest BCUT2D eigenvalue weighted by atomic mass is 32.2. The molecule has 0 saturated heterocycles. The number of carbonyl (C=O) groups excluding carboxylic acids is 1. The zero-order valence-electron chi connectivity index (χ0n) is 12.2. The van der Waals surface area contributed by atoms with Gasteiger partial charge in [-0.1, -0.05) is 11.8 Å². The molecular weight excluding hydrogens is 322 g/mol. The first-order valence-corrected chi connectivity index (χ1v) is 8.62. The molecule has 0 aliphatic carbocycles. The maximum atomic E-state index is 11.3. The summed E-state index contributed by atoms with van der Waals surface area (Å²) in [6.07, 6.45) is 3.78. The number of hydrogen-bond acceptors (Lipinski definition) is 7. The Morgan fingerprint density at radius 3 is 2.86 bits per heavy atom. The molecule has 0 saturated carbocycles. The molecule has 0 aliphatic heterocycles. The van der Waals surface area contributed by atoms with Gasteiger partial charge in [-0.2, -0.15) is 0 Å². The molecular formula is C14H15N3O3S2. The first kappa shape index (κ1) is 16.6. The van der Waals surface area contributed by atoms with Gasteiger partial charge >= 0.3 is 0 Å². The Morgan fingerprint density at radius 2 is 2.23 bits per heavy atom. The molecule has 2 rings (SSSR count). The van der Waals surface area contributed by atoms with Crippen LogP contribution >= 0.6 is 23.1 Å². The lowest BCUT2D eigenvalue weighted by Gasteiger charge is -2.08. The maximum absolute atomic E-state index is 11.3. The lowest BCUT2D eigenvalue weighted by molar-refractivity contribution is -0.483. The SMILES string of the molecule is CSc1nccc(-c2ccc(C(CC(C)=O)C[N+](=O)[O-])s2)n1. The Labute approximate surface area is 136 Å². The van der Waals surface area contributed by atoms with E-state index in [2.05, 4.69) is 9.97 Å². The minimum absolute atomic E-state index is 0.0477. The zero-order valence-corrected chi connectivity index (χ0v) is 13.8. The molecule has 2 aromatic heterocycles. The fraction of sp³-hybridized carbons (Fsp3) is 0.357. The van der Waals surface area contributed by atoms with Crippen LogP contribution in [0.1, 0.15) is 24.1 Å². The van der Waals surface area contributed by atoms with Gasteiger partial charge in [-0.15, -0.1) is 11.3 Å². The van der Waals surface area contributed by atoms with Gasteiger partial charge < -0.3 is 4.79 Å². The number of thiophene rings is 1. The minimum atomic E-state index is -0.381. The molecule has 0 aliphatic rings. The van der Waals surface area contributed by atoms with Crippen LogP contribution < -0.4 is 0 Å². The average molecular weight is 337 g/mol. The molecule has 0 bridgehead atoms. The van der Waals surface area contributed by atoms with Crippen molar-refractivity contribution in [3.63, 3.8) is 0 Å². The Hall–Kier alpha value is -1.80. The van der Waals surface area contributed by atoms with Crippen LogP contribution in [0.3, 0.4) is 0 Å². The van der Waals surface area contributed by atoms with Crippen LogP contribution in [0.15, 0.2) is 29.6 Å². The van der Waals surface area contributed by atoms with Gasteiger partial charge in [-0.05, 0) is 31.4 Å². The van der Waals surface area contributed by atoms with E-state index >= 15 is 0 Å². The summed E-state index contributed by atoms with van der Waals surface area (Å²) in [6, 6.07) is 5.54. The van der Waals surface area contributed by atoms with E-state index in [4.69, 9.17) is 0 Å². The first-order chi connectivity index (χ1) is 10.5. The average Bonchev–Trinajstić information content (AvgIpc) is 2.95. The number of carbonyl (C=O) groups is 1. The van der Waals surface area contributed by atoms with Crippen LogP contribution in [0.5, 0.6) is 0 Å². The van der Waals surface area contributed by atoms with Gasteiger partial charge in [-0.3, -0.25) is 10.1 Å². The van der Waals surface area contributed by atoms with Crippen LogP contribution in [-0.4, -0.2) is 33.5 Å². The monoisotopic (exact) mass is 337 g/mol. The van der Waals surface area contributed by atoms with Crippen LogP contribution in [-0.2, 0) is 4.79 Å². The van der Waals surface area contributed by atoms with E-state index in [1.54, 1.807) is 6.20 Å². The maximum Gasteiger partial charge on any atom is 0.211 e. The molecule has 116 valence electrons. The van der Waals surface area contributed by atoms with E-state index in [-0.39, 0.29) is 29.6 Å². The fourth-order valence-electron chi connectivity index (χ4n) is 2.07. The summed E-state index contributed by atoms with van der Waals surface area (Å²) in [6.45, 7) is 1.22. The van der Waals surface area contributed by atoms with Crippen molar-refractivity contribution < 1.29 is 9.72 Å². The summed E-state index contributed by atoms with van der Waals surface area (Å²) in [4.78, 5) is 32.1. The Bertz CT molecular complexity index is 671. The number of aromatic nitrogens is 2. The van der Waals surface area contributed by atoms with E-state index in [9.17, 15) is 14.9 Å². The number of thioether (sulfide) groups is 1.